The van der Waals surface area contributed by atoms with Gasteiger partial charge in [0, 0.05) is 0 Å². The van der Waals surface area contributed by atoms with Crippen molar-refractivity contribution in [3.05, 3.63) is 0 Å². The molecule has 0 aliphatic carbocycles. The molecule has 0 aromatic carbocycles. The van der Waals surface area contributed by atoms with Crippen molar-refractivity contribution in [1.29, 1.82) is 0 Å². The van der Waals surface area contributed by atoms with E-state index in [-0.39, 0.29) is 5.60 Å². The molecule has 0 atom stereocenters. The largest absolute Gasteiger partial charge is 0.252 e. The smallest absolute Gasteiger partial charge is 0.0952 e. The molecule has 0 rings (SSSR count). The third kappa shape index (κ3) is 11.8. The van der Waals surface area contributed by atoms with Gasteiger partial charge in [0.2, 0.25) is 0 Å². The Bertz CT molecular complexity index is 109. The van der Waals surface area contributed by atoms with Crippen molar-refractivity contribution in [1.82, 2.24) is 0 Å². The summed E-state index contributed by atoms with van der Waals surface area (Å²) in [6, 6.07) is 0. The van der Waals surface area contributed by atoms with Gasteiger partial charge in [-0.1, -0.05) is 0 Å². The van der Waals surface area contributed by atoms with Crippen molar-refractivity contribution in [3.8, 4) is 0 Å². The summed E-state index contributed by atoms with van der Waals surface area (Å²) in [5.74, 6) is 0. The van der Waals surface area contributed by atoms with Gasteiger partial charge < -0.3 is 0 Å². The molecule has 13 heavy (non-hydrogen) atoms. The molecule has 0 aliphatic heterocycles. The van der Waals surface area contributed by atoms with Gasteiger partial charge in [0.25, 0.3) is 0 Å². The molecule has 0 aromatic rings. The Morgan fingerprint density at radius 3 is 2.15 bits per heavy atom. The van der Waals surface area contributed by atoms with E-state index in [2.05, 4.69) is 4.89 Å². The highest BCUT2D eigenvalue weighted by Gasteiger charge is 2.10. The molecular formula is C9H20O4. The highest BCUT2D eigenvalue weighted by Crippen LogP contribution is 2.07. The lowest BCUT2D eigenvalue weighted by Gasteiger charge is -2.17. The Morgan fingerprint density at radius 2 is 1.62 bits per heavy atom. The summed E-state index contributed by atoms with van der Waals surface area (Å²) in [6.45, 7) is 6.79. The summed E-state index contributed by atoms with van der Waals surface area (Å²) < 4.78 is 0. The molecule has 4 nitrogen and oxygen atoms in total. The molecule has 80 valence electrons. The average molecular weight is 192 g/mol. The Kier molecular flexibility index (Phi) is 7.17. The minimum atomic E-state index is -0.242. The van der Waals surface area contributed by atoms with Gasteiger partial charge in [0.05, 0.1) is 18.8 Å². The number of rotatable bonds is 7. The molecule has 0 radical (unpaired) electrons. The third-order valence-corrected chi connectivity index (χ3v) is 1.27. The summed E-state index contributed by atoms with van der Waals surface area (Å²) in [7, 11) is 0. The number of unbranched alkanes of at least 4 members (excludes halogenated alkanes) is 2. The van der Waals surface area contributed by atoms with E-state index in [4.69, 9.17) is 15.0 Å². The van der Waals surface area contributed by atoms with Crippen LogP contribution in [0.2, 0.25) is 0 Å². The molecule has 0 spiro atoms. The van der Waals surface area contributed by atoms with Crippen LogP contribution in [-0.4, -0.2) is 24.1 Å². The second kappa shape index (κ2) is 7.26. The van der Waals surface area contributed by atoms with Gasteiger partial charge in [0.15, 0.2) is 0 Å². The van der Waals surface area contributed by atoms with Crippen LogP contribution < -0.4 is 0 Å². The van der Waals surface area contributed by atoms with Crippen LogP contribution in [0.15, 0.2) is 0 Å². The maximum atomic E-state index is 8.02. The predicted molar refractivity (Wildman–Crippen MR) is 49.2 cm³/mol. The van der Waals surface area contributed by atoms with Gasteiger partial charge in [0.1, 0.15) is 0 Å². The summed E-state index contributed by atoms with van der Waals surface area (Å²) in [5, 5.41) is 8.02. The standard InChI is InChI=1S/C9H20O4/c1-9(2,3)13-12-8-6-4-5-7-11-10/h10H,4-8H2,1-3H3. The van der Waals surface area contributed by atoms with Crippen LogP contribution in [0.25, 0.3) is 0 Å². The Hall–Kier alpha value is -0.160. The van der Waals surface area contributed by atoms with Crippen molar-refractivity contribution in [2.45, 2.75) is 45.6 Å². The molecule has 4 heteroatoms. The van der Waals surface area contributed by atoms with Crippen molar-refractivity contribution < 1.29 is 19.9 Å². The zero-order valence-electron chi connectivity index (χ0n) is 8.71. The van der Waals surface area contributed by atoms with Crippen molar-refractivity contribution in [2.24, 2.45) is 0 Å². The first-order chi connectivity index (χ1) is 6.06. The molecule has 0 aromatic heterocycles. The van der Waals surface area contributed by atoms with Gasteiger partial charge in [-0.2, -0.15) is 0 Å². The van der Waals surface area contributed by atoms with Crippen LogP contribution in [0.3, 0.4) is 0 Å². The molecule has 0 fully saturated rings. The molecule has 0 bridgehead atoms. The minimum absolute atomic E-state index is 0.242. The molecule has 0 unspecified atom stereocenters. The fraction of sp³-hybridized carbons (Fsp3) is 1.00. The second-order valence-corrected chi connectivity index (χ2v) is 3.91. The lowest BCUT2D eigenvalue weighted by Crippen LogP contribution is -2.19. The van der Waals surface area contributed by atoms with Crippen molar-refractivity contribution >= 4 is 0 Å². The van der Waals surface area contributed by atoms with E-state index in [0.717, 1.165) is 19.3 Å². The quantitative estimate of drug-likeness (QED) is 0.382. The van der Waals surface area contributed by atoms with E-state index < -0.39 is 0 Å². The first-order valence-corrected chi connectivity index (χ1v) is 4.63. The summed E-state index contributed by atoms with van der Waals surface area (Å²) in [5.41, 5.74) is -0.242. The topological polar surface area (TPSA) is 47.9 Å². The predicted octanol–water partition coefficient (Wildman–Crippen LogP) is 2.39. The molecule has 0 heterocycles. The highest BCUT2D eigenvalue weighted by molar-refractivity contribution is 4.54. The Morgan fingerprint density at radius 1 is 1.00 bits per heavy atom. The molecule has 0 saturated carbocycles. The summed E-state index contributed by atoms with van der Waals surface area (Å²) in [4.78, 5) is 14.0. The van der Waals surface area contributed by atoms with Gasteiger partial charge in [-0.3, -0.25) is 5.26 Å². The monoisotopic (exact) mass is 192 g/mol. The first kappa shape index (κ1) is 12.8. The first-order valence-electron chi connectivity index (χ1n) is 4.63. The van der Waals surface area contributed by atoms with Crippen LogP contribution >= 0.6 is 0 Å². The minimum Gasteiger partial charge on any atom is -0.252 e. The molecule has 0 amide bonds. The van der Waals surface area contributed by atoms with Crippen LogP contribution in [0.5, 0.6) is 0 Å². The fourth-order valence-electron chi connectivity index (χ4n) is 0.723. The van der Waals surface area contributed by atoms with Crippen LogP contribution in [-0.2, 0) is 14.7 Å². The van der Waals surface area contributed by atoms with E-state index in [0.29, 0.717) is 13.2 Å². The molecule has 0 aliphatic rings. The van der Waals surface area contributed by atoms with Gasteiger partial charge >= 0.3 is 0 Å². The molecule has 0 saturated heterocycles. The maximum Gasteiger partial charge on any atom is 0.0952 e. The summed E-state index contributed by atoms with van der Waals surface area (Å²) >= 11 is 0. The lowest BCUT2D eigenvalue weighted by atomic mass is 10.2. The van der Waals surface area contributed by atoms with E-state index in [1.165, 1.54) is 0 Å². The van der Waals surface area contributed by atoms with Crippen molar-refractivity contribution in [2.75, 3.05) is 13.2 Å². The van der Waals surface area contributed by atoms with Gasteiger partial charge in [-0.05, 0) is 40.0 Å². The third-order valence-electron chi connectivity index (χ3n) is 1.27. The number of hydrogen-bond acceptors (Lipinski definition) is 4. The second-order valence-electron chi connectivity index (χ2n) is 3.91. The van der Waals surface area contributed by atoms with Crippen LogP contribution in [0.4, 0.5) is 0 Å². The fourth-order valence-corrected chi connectivity index (χ4v) is 0.723. The van der Waals surface area contributed by atoms with E-state index in [9.17, 15) is 0 Å². The van der Waals surface area contributed by atoms with Crippen LogP contribution in [0.1, 0.15) is 40.0 Å². The van der Waals surface area contributed by atoms with Crippen LogP contribution in [0, 0.1) is 0 Å². The SMILES string of the molecule is CC(C)(C)OOCCCCCOO. The molecular weight excluding hydrogens is 172 g/mol. The van der Waals surface area contributed by atoms with E-state index in [1.807, 2.05) is 20.8 Å². The van der Waals surface area contributed by atoms with Crippen molar-refractivity contribution in [3.63, 3.8) is 0 Å². The summed E-state index contributed by atoms with van der Waals surface area (Å²) in [6.07, 6.45) is 2.73. The maximum absolute atomic E-state index is 8.02. The zero-order chi connectivity index (χ0) is 10.2. The van der Waals surface area contributed by atoms with Gasteiger partial charge in [-0.15, -0.1) is 0 Å². The van der Waals surface area contributed by atoms with E-state index >= 15 is 0 Å². The lowest BCUT2D eigenvalue weighted by molar-refractivity contribution is -0.348. The Labute approximate surface area is 79.7 Å². The Balaban J connectivity index is 3.00. The highest BCUT2D eigenvalue weighted by atomic mass is 17.2. The van der Waals surface area contributed by atoms with Gasteiger partial charge in [-0.25, -0.2) is 14.7 Å². The molecule has 1 N–H and O–H groups in total. The normalized spacial score (nSPS) is 12.0. The van der Waals surface area contributed by atoms with E-state index in [1.54, 1.807) is 0 Å². The average Bonchev–Trinajstić information content (AvgIpc) is 2.01. The number of hydrogen-bond donors (Lipinski definition) is 1. The zero-order valence-corrected chi connectivity index (χ0v) is 8.71.